The number of hydrogen-bond acceptors (Lipinski definition) is 2. The normalized spacial score (nSPS) is 15.5. The van der Waals surface area contributed by atoms with Crippen LogP contribution in [0.4, 0.5) is 0 Å². The van der Waals surface area contributed by atoms with Crippen molar-refractivity contribution in [3.8, 4) is 0 Å². The lowest BCUT2D eigenvalue weighted by atomic mass is 10.2. The van der Waals surface area contributed by atoms with Gasteiger partial charge < -0.3 is 10.8 Å². The summed E-state index contributed by atoms with van der Waals surface area (Å²) in [7, 11) is 0. The van der Waals surface area contributed by atoms with E-state index in [1.165, 1.54) is 0 Å². The van der Waals surface area contributed by atoms with Crippen LogP contribution in [0, 0.1) is 0 Å². The van der Waals surface area contributed by atoms with Crippen LogP contribution in [-0.4, -0.2) is 18.2 Å². The number of unbranched alkanes of at least 4 members (excludes halogenated alkanes) is 2. The molecular weight excluding hydrogens is 102 g/mol. The SMILES string of the molecule is [2H]C(O)CCCCCN. The molecule has 3 N–H and O–H groups in total. The molecule has 2 heteroatoms. The molecule has 0 fully saturated rings. The van der Waals surface area contributed by atoms with E-state index in [1.807, 2.05) is 0 Å². The Morgan fingerprint density at radius 3 is 2.38 bits per heavy atom. The molecule has 0 saturated heterocycles. The van der Waals surface area contributed by atoms with E-state index < -0.39 is 6.58 Å². The highest BCUT2D eigenvalue weighted by molar-refractivity contribution is 4.41. The minimum absolute atomic E-state index is 0.583. The highest BCUT2D eigenvalue weighted by Crippen LogP contribution is 1.95. The number of aliphatic hydroxyl groups is 1. The predicted molar refractivity (Wildman–Crippen MR) is 34.6 cm³/mol. The van der Waals surface area contributed by atoms with Crippen molar-refractivity contribution in [2.45, 2.75) is 25.7 Å². The average molecular weight is 118 g/mol. The third-order valence-electron chi connectivity index (χ3n) is 1.04. The zero-order valence-corrected chi connectivity index (χ0v) is 5.14. The van der Waals surface area contributed by atoms with Gasteiger partial charge in [-0.15, -0.1) is 0 Å². The molecule has 0 rings (SSSR count). The number of nitrogens with two attached hydrogens (primary N) is 1. The third kappa shape index (κ3) is 5.92. The van der Waals surface area contributed by atoms with Crippen LogP contribution in [-0.2, 0) is 0 Å². The first-order chi connectivity index (χ1) is 4.27. The van der Waals surface area contributed by atoms with Gasteiger partial charge in [0.15, 0.2) is 0 Å². The summed E-state index contributed by atoms with van der Waals surface area (Å²) in [5.74, 6) is 0. The second-order valence-electron chi connectivity index (χ2n) is 1.82. The fourth-order valence-electron chi connectivity index (χ4n) is 0.557. The Labute approximate surface area is 52.1 Å². The summed E-state index contributed by atoms with van der Waals surface area (Å²) >= 11 is 0. The first-order valence-corrected chi connectivity index (χ1v) is 3.07. The smallest absolute Gasteiger partial charge is 0.0564 e. The van der Waals surface area contributed by atoms with E-state index in [0.29, 0.717) is 13.0 Å². The summed E-state index contributed by atoms with van der Waals surface area (Å²) in [6.45, 7) is -0.170. The van der Waals surface area contributed by atoms with Gasteiger partial charge in [-0.1, -0.05) is 12.8 Å². The minimum atomic E-state index is -0.886. The molecule has 0 amide bonds. The molecule has 0 spiro atoms. The highest BCUT2D eigenvalue weighted by atomic mass is 16.2. The van der Waals surface area contributed by atoms with Crippen molar-refractivity contribution in [3.63, 3.8) is 0 Å². The van der Waals surface area contributed by atoms with Gasteiger partial charge >= 0.3 is 0 Å². The molecule has 0 aromatic heterocycles. The van der Waals surface area contributed by atoms with Gasteiger partial charge in [0.25, 0.3) is 0 Å². The van der Waals surface area contributed by atoms with E-state index in [1.54, 1.807) is 0 Å². The summed E-state index contributed by atoms with van der Waals surface area (Å²) in [6, 6.07) is 0. The van der Waals surface area contributed by atoms with Crippen molar-refractivity contribution < 1.29 is 6.48 Å². The number of aliphatic hydroxyl groups excluding tert-OH is 1. The van der Waals surface area contributed by atoms with Gasteiger partial charge in [-0.3, -0.25) is 0 Å². The lowest BCUT2D eigenvalue weighted by molar-refractivity contribution is 0.282. The van der Waals surface area contributed by atoms with E-state index in [9.17, 15) is 0 Å². The third-order valence-corrected chi connectivity index (χ3v) is 1.04. The van der Waals surface area contributed by atoms with Crippen LogP contribution in [0.5, 0.6) is 0 Å². The maximum atomic E-state index is 8.49. The molecule has 2 nitrogen and oxygen atoms in total. The molecular formula is C6H15NO. The van der Waals surface area contributed by atoms with Crippen LogP contribution in [0.15, 0.2) is 0 Å². The van der Waals surface area contributed by atoms with Crippen molar-refractivity contribution in [3.05, 3.63) is 0 Å². The maximum absolute atomic E-state index is 8.49. The molecule has 50 valence electrons. The standard InChI is InChI=1S/C6H15NO/c7-5-3-1-2-4-6-8/h8H,1-7H2/i6D. The van der Waals surface area contributed by atoms with Crippen molar-refractivity contribution in [2.24, 2.45) is 5.73 Å². The zero-order chi connectivity index (χ0) is 7.11. The fourth-order valence-corrected chi connectivity index (χ4v) is 0.557. The van der Waals surface area contributed by atoms with Gasteiger partial charge in [0.2, 0.25) is 0 Å². The Bertz CT molecular complexity index is 59.0. The van der Waals surface area contributed by atoms with Crippen LogP contribution in [0.25, 0.3) is 0 Å². The largest absolute Gasteiger partial charge is 0.396 e. The van der Waals surface area contributed by atoms with Crippen LogP contribution in [0.3, 0.4) is 0 Å². The molecule has 0 aliphatic carbocycles. The van der Waals surface area contributed by atoms with Gasteiger partial charge in [0.05, 0.1) is 1.37 Å². The first-order valence-electron chi connectivity index (χ1n) is 3.65. The van der Waals surface area contributed by atoms with E-state index in [2.05, 4.69) is 0 Å². The predicted octanol–water partition coefficient (Wildman–Crippen LogP) is 0.498. The molecule has 0 aliphatic rings. The Morgan fingerprint density at radius 1 is 1.25 bits per heavy atom. The summed E-state index contributed by atoms with van der Waals surface area (Å²) in [5, 5.41) is 8.49. The topological polar surface area (TPSA) is 46.2 Å². The van der Waals surface area contributed by atoms with Gasteiger partial charge in [0, 0.05) is 6.58 Å². The quantitative estimate of drug-likeness (QED) is 0.516. The van der Waals surface area contributed by atoms with Crippen molar-refractivity contribution in [1.29, 1.82) is 0 Å². The van der Waals surface area contributed by atoms with Gasteiger partial charge in [-0.2, -0.15) is 0 Å². The van der Waals surface area contributed by atoms with Crippen molar-refractivity contribution >= 4 is 0 Å². The van der Waals surface area contributed by atoms with Crippen LogP contribution in [0.2, 0.25) is 0 Å². The molecule has 0 heterocycles. The van der Waals surface area contributed by atoms with Crippen LogP contribution in [0.1, 0.15) is 27.1 Å². The van der Waals surface area contributed by atoms with Crippen LogP contribution < -0.4 is 5.73 Å². The number of rotatable bonds is 5. The lowest BCUT2D eigenvalue weighted by Gasteiger charge is -1.93. The van der Waals surface area contributed by atoms with Crippen LogP contribution >= 0.6 is 0 Å². The van der Waals surface area contributed by atoms with Crippen molar-refractivity contribution in [1.82, 2.24) is 0 Å². The Kier molecular flexibility index (Phi) is 5.23. The summed E-state index contributed by atoms with van der Waals surface area (Å²) < 4.78 is 6.74. The highest BCUT2D eigenvalue weighted by Gasteiger charge is 1.84. The molecule has 0 bridgehead atoms. The molecule has 0 aromatic carbocycles. The van der Waals surface area contributed by atoms with Gasteiger partial charge in [-0.25, -0.2) is 0 Å². The second kappa shape index (κ2) is 6.92. The molecule has 1 atom stereocenters. The van der Waals surface area contributed by atoms with Gasteiger partial charge in [-0.05, 0) is 19.4 Å². The maximum Gasteiger partial charge on any atom is 0.0564 e. The van der Waals surface area contributed by atoms with E-state index in [4.69, 9.17) is 12.2 Å². The van der Waals surface area contributed by atoms with E-state index >= 15 is 0 Å². The first kappa shape index (κ1) is 6.05. The lowest BCUT2D eigenvalue weighted by Crippen LogP contribution is -1.97. The van der Waals surface area contributed by atoms with Gasteiger partial charge in [0.1, 0.15) is 0 Å². The summed E-state index contributed by atoms with van der Waals surface area (Å²) in [4.78, 5) is 0. The molecule has 0 aliphatic heterocycles. The fraction of sp³-hybridized carbons (Fsp3) is 1.00. The number of hydrogen-bond donors (Lipinski definition) is 2. The zero-order valence-electron chi connectivity index (χ0n) is 6.14. The van der Waals surface area contributed by atoms with E-state index in [0.717, 1.165) is 19.3 Å². The summed E-state index contributed by atoms with van der Waals surface area (Å²) in [6.07, 6.45) is 3.54. The Hall–Kier alpha value is -0.0800. The van der Waals surface area contributed by atoms with Crippen molar-refractivity contribution in [2.75, 3.05) is 13.1 Å². The Morgan fingerprint density at radius 2 is 1.88 bits per heavy atom. The minimum Gasteiger partial charge on any atom is -0.396 e. The monoisotopic (exact) mass is 118 g/mol. The van der Waals surface area contributed by atoms with E-state index in [-0.39, 0.29) is 0 Å². The average Bonchev–Trinajstić information content (AvgIpc) is 1.80. The molecule has 0 aromatic rings. The molecule has 1 unspecified atom stereocenters. The molecule has 0 saturated carbocycles. The summed E-state index contributed by atoms with van der Waals surface area (Å²) in [5.41, 5.74) is 5.24. The molecule has 0 radical (unpaired) electrons. The molecule has 8 heavy (non-hydrogen) atoms. The second-order valence-corrected chi connectivity index (χ2v) is 1.82. The Balaban J connectivity index is 2.75.